The van der Waals surface area contributed by atoms with E-state index >= 15 is 0 Å². The predicted molar refractivity (Wildman–Crippen MR) is 68.1 cm³/mol. The summed E-state index contributed by atoms with van der Waals surface area (Å²) in [4.78, 5) is 12.9. The molecular weight excluding hydrogens is 308 g/mol. The topological polar surface area (TPSA) is 102 Å². The number of nitro benzene ring substituents is 1. The van der Waals surface area contributed by atoms with E-state index in [1.165, 1.54) is 6.07 Å². The van der Waals surface area contributed by atoms with E-state index in [9.17, 15) is 27.3 Å². The second-order valence-corrected chi connectivity index (χ2v) is 5.42. The molecule has 21 heavy (non-hydrogen) atoms. The van der Waals surface area contributed by atoms with Gasteiger partial charge in [-0.3, -0.25) is 14.8 Å². The predicted octanol–water partition coefficient (Wildman–Crippen LogP) is 2.07. The van der Waals surface area contributed by atoms with Gasteiger partial charge < -0.3 is 0 Å². The van der Waals surface area contributed by atoms with Crippen molar-refractivity contribution in [3.63, 3.8) is 0 Å². The Balaban J connectivity index is 2.36. The molecule has 7 nitrogen and oxygen atoms in total. The molecular formula is C11H7F2N3O4S. The molecule has 1 heterocycles. The molecule has 10 heteroatoms. The summed E-state index contributed by atoms with van der Waals surface area (Å²) in [5.41, 5.74) is -1.09. The first-order valence-electron chi connectivity index (χ1n) is 5.38. The maximum absolute atomic E-state index is 13.4. The summed E-state index contributed by atoms with van der Waals surface area (Å²) >= 11 is 0. The molecule has 0 amide bonds. The van der Waals surface area contributed by atoms with Gasteiger partial charge in [0.15, 0.2) is 5.82 Å². The number of aromatic nitrogens is 1. The number of hydrogen-bond acceptors (Lipinski definition) is 5. The fraction of sp³-hybridized carbons (Fsp3) is 0. The molecule has 0 bridgehead atoms. The maximum Gasteiger partial charge on any atom is 0.304 e. The number of halogens is 2. The van der Waals surface area contributed by atoms with E-state index in [-0.39, 0.29) is 5.69 Å². The van der Waals surface area contributed by atoms with Crippen LogP contribution in [0.4, 0.5) is 20.2 Å². The molecule has 0 saturated carbocycles. The van der Waals surface area contributed by atoms with Crippen LogP contribution in [0.15, 0.2) is 41.6 Å². The van der Waals surface area contributed by atoms with Crippen molar-refractivity contribution in [3.8, 4) is 0 Å². The molecule has 0 radical (unpaired) electrons. The molecule has 0 aliphatic rings. The van der Waals surface area contributed by atoms with E-state index in [2.05, 4.69) is 4.98 Å². The molecule has 110 valence electrons. The Morgan fingerprint density at radius 3 is 2.48 bits per heavy atom. The number of rotatable bonds is 4. The van der Waals surface area contributed by atoms with E-state index in [4.69, 9.17) is 0 Å². The van der Waals surface area contributed by atoms with E-state index < -0.39 is 37.3 Å². The van der Waals surface area contributed by atoms with Crippen LogP contribution in [0.3, 0.4) is 0 Å². The molecule has 2 aromatic rings. The monoisotopic (exact) mass is 315 g/mol. The van der Waals surface area contributed by atoms with Gasteiger partial charge in [0, 0.05) is 18.3 Å². The van der Waals surface area contributed by atoms with Crippen LogP contribution >= 0.6 is 0 Å². The van der Waals surface area contributed by atoms with E-state index in [0.717, 1.165) is 24.4 Å². The minimum Gasteiger partial charge on any atom is -0.278 e. The summed E-state index contributed by atoms with van der Waals surface area (Å²) in [5, 5.41) is 9.59. The molecule has 0 atom stereocenters. The van der Waals surface area contributed by atoms with Crippen LogP contribution in [0.5, 0.6) is 0 Å². The molecule has 1 N–H and O–H groups in total. The number of benzene rings is 1. The highest BCUT2D eigenvalue weighted by Gasteiger charge is 2.22. The first kappa shape index (κ1) is 14.8. The minimum absolute atomic E-state index is 0.289. The van der Waals surface area contributed by atoms with Gasteiger partial charge in [0.2, 0.25) is 10.8 Å². The lowest BCUT2D eigenvalue weighted by molar-refractivity contribution is -0.387. The summed E-state index contributed by atoms with van der Waals surface area (Å²) in [5.74, 6) is -2.30. The zero-order valence-electron chi connectivity index (χ0n) is 10.2. The Morgan fingerprint density at radius 2 is 1.90 bits per heavy atom. The van der Waals surface area contributed by atoms with Crippen molar-refractivity contribution in [2.45, 2.75) is 5.03 Å². The van der Waals surface area contributed by atoms with Crippen molar-refractivity contribution in [1.82, 2.24) is 4.98 Å². The quantitative estimate of drug-likeness (QED) is 0.687. The second-order valence-electron chi connectivity index (χ2n) is 3.82. The largest absolute Gasteiger partial charge is 0.304 e. The molecule has 0 spiro atoms. The highest BCUT2D eigenvalue weighted by atomic mass is 32.2. The van der Waals surface area contributed by atoms with Gasteiger partial charge in [0.05, 0.1) is 10.6 Å². The van der Waals surface area contributed by atoms with Crippen LogP contribution in [0.2, 0.25) is 0 Å². The summed E-state index contributed by atoms with van der Waals surface area (Å²) in [6, 6.07) is 4.51. The zero-order chi connectivity index (χ0) is 15.6. The Kier molecular flexibility index (Phi) is 3.80. The van der Waals surface area contributed by atoms with Crippen LogP contribution in [0.25, 0.3) is 0 Å². The van der Waals surface area contributed by atoms with Gasteiger partial charge in [-0.1, -0.05) is 0 Å². The number of pyridine rings is 1. The molecule has 0 fully saturated rings. The lowest BCUT2D eigenvalue weighted by Crippen LogP contribution is -2.16. The smallest absolute Gasteiger partial charge is 0.278 e. The van der Waals surface area contributed by atoms with Crippen molar-refractivity contribution in [1.29, 1.82) is 0 Å². The zero-order valence-corrected chi connectivity index (χ0v) is 11.0. The van der Waals surface area contributed by atoms with Crippen LogP contribution < -0.4 is 4.72 Å². The maximum atomic E-state index is 13.4. The Morgan fingerprint density at radius 1 is 1.19 bits per heavy atom. The van der Waals surface area contributed by atoms with Gasteiger partial charge in [-0.2, -0.15) is 12.8 Å². The van der Waals surface area contributed by atoms with Gasteiger partial charge in [0.1, 0.15) is 0 Å². The lowest BCUT2D eigenvalue weighted by atomic mass is 10.3. The van der Waals surface area contributed by atoms with Crippen LogP contribution in [-0.4, -0.2) is 18.3 Å². The van der Waals surface area contributed by atoms with Crippen LogP contribution in [0, 0.1) is 21.7 Å². The fourth-order valence-corrected chi connectivity index (χ4v) is 2.55. The lowest BCUT2D eigenvalue weighted by Gasteiger charge is -2.07. The van der Waals surface area contributed by atoms with Gasteiger partial charge in [-0.05, 0) is 18.2 Å². The number of nitro groups is 1. The van der Waals surface area contributed by atoms with Crippen molar-refractivity contribution >= 4 is 21.4 Å². The van der Waals surface area contributed by atoms with Gasteiger partial charge in [-0.15, -0.1) is 0 Å². The third-order valence-corrected chi connectivity index (χ3v) is 3.69. The summed E-state index contributed by atoms with van der Waals surface area (Å²) in [6.07, 6.45) is 1.08. The Bertz CT molecular complexity index is 811. The van der Waals surface area contributed by atoms with Gasteiger partial charge in [-0.25, -0.2) is 9.37 Å². The molecule has 1 aromatic heterocycles. The first-order valence-corrected chi connectivity index (χ1v) is 6.87. The molecule has 1 aromatic carbocycles. The number of nitrogens with zero attached hydrogens (tertiary/aromatic N) is 2. The fourth-order valence-electron chi connectivity index (χ4n) is 1.49. The average Bonchev–Trinajstić information content (AvgIpc) is 2.38. The normalized spacial score (nSPS) is 11.1. The Hall–Kier alpha value is -2.62. The van der Waals surface area contributed by atoms with Crippen LogP contribution in [-0.2, 0) is 10.0 Å². The number of sulfonamides is 1. The summed E-state index contributed by atoms with van der Waals surface area (Å²) < 4.78 is 52.4. The van der Waals surface area contributed by atoms with Gasteiger partial charge in [0.25, 0.3) is 10.0 Å². The third kappa shape index (κ3) is 3.11. The highest BCUT2D eigenvalue weighted by Crippen LogP contribution is 2.23. The standard InChI is InChI=1S/C11H7F2N3O4S/c12-8-2-1-5-14-11(8)21(19,20)15-7-3-4-10(16(17)18)9(13)6-7/h1-6,15H. The average molecular weight is 315 g/mol. The molecule has 0 saturated heterocycles. The van der Waals surface area contributed by atoms with E-state index in [0.29, 0.717) is 6.07 Å². The van der Waals surface area contributed by atoms with Crippen LogP contribution in [0.1, 0.15) is 0 Å². The van der Waals surface area contributed by atoms with Gasteiger partial charge >= 0.3 is 5.69 Å². The SMILES string of the molecule is O=[N+]([O-])c1ccc(NS(=O)(=O)c2ncccc2F)cc1F. The third-order valence-electron chi connectivity index (χ3n) is 2.38. The summed E-state index contributed by atoms with van der Waals surface area (Å²) in [7, 11) is -4.37. The molecule has 2 rings (SSSR count). The van der Waals surface area contributed by atoms with E-state index in [1.807, 2.05) is 4.72 Å². The van der Waals surface area contributed by atoms with Crippen molar-refractivity contribution in [3.05, 3.63) is 58.3 Å². The number of hydrogen-bond donors (Lipinski definition) is 1. The molecule has 0 aliphatic heterocycles. The van der Waals surface area contributed by atoms with E-state index in [1.54, 1.807) is 0 Å². The minimum atomic E-state index is -4.37. The van der Waals surface area contributed by atoms with Crippen molar-refractivity contribution in [2.75, 3.05) is 4.72 Å². The Labute approximate surface area is 117 Å². The molecule has 0 unspecified atom stereocenters. The summed E-state index contributed by atoms with van der Waals surface area (Å²) in [6.45, 7) is 0. The second kappa shape index (κ2) is 5.40. The van der Waals surface area contributed by atoms with Crippen molar-refractivity contribution < 1.29 is 22.1 Å². The first-order chi connectivity index (χ1) is 9.81. The van der Waals surface area contributed by atoms with Crippen molar-refractivity contribution in [2.24, 2.45) is 0 Å². The highest BCUT2D eigenvalue weighted by molar-refractivity contribution is 7.92. The molecule has 0 aliphatic carbocycles. The number of nitrogens with one attached hydrogen (secondary N) is 1. The number of anilines is 1.